The van der Waals surface area contributed by atoms with Gasteiger partial charge in [0, 0.05) is 35.7 Å². The number of ether oxygens (including phenoxy) is 2. The fraction of sp³-hybridized carbons (Fsp3) is 0.417. The van der Waals surface area contributed by atoms with Crippen molar-refractivity contribution in [3.63, 3.8) is 0 Å². The smallest absolute Gasteiger partial charge is 0.263 e. The number of H-pyrrole nitrogens is 1. The van der Waals surface area contributed by atoms with E-state index in [1.54, 1.807) is 6.07 Å². The summed E-state index contributed by atoms with van der Waals surface area (Å²) in [5.41, 5.74) is 2.02. The molecule has 5 rings (SSSR count). The maximum absolute atomic E-state index is 12.8. The number of aryl methyl sites for hydroxylation is 1. The van der Waals surface area contributed by atoms with Crippen molar-refractivity contribution in [3.05, 3.63) is 57.6 Å². The lowest BCUT2D eigenvalue weighted by atomic mass is 10.0. The summed E-state index contributed by atoms with van der Waals surface area (Å²) in [5.74, 6) is 1.97. The molecule has 0 atom stereocenters. The first kappa shape index (κ1) is 21.2. The number of hydrogen-bond acceptors (Lipinski definition) is 6. The maximum Gasteiger partial charge on any atom is 0.263 e. The number of benzene rings is 1. The summed E-state index contributed by atoms with van der Waals surface area (Å²) in [5, 5.41) is 7.46. The number of nitrogens with zero attached hydrogens (tertiary/aromatic N) is 3. The van der Waals surface area contributed by atoms with Crippen LogP contribution in [-0.4, -0.2) is 37.9 Å². The van der Waals surface area contributed by atoms with Crippen molar-refractivity contribution in [3.8, 4) is 17.4 Å². The molecule has 1 aromatic carbocycles. The lowest BCUT2D eigenvalue weighted by Crippen LogP contribution is -2.25. The van der Waals surface area contributed by atoms with E-state index in [4.69, 9.17) is 9.47 Å². The summed E-state index contributed by atoms with van der Waals surface area (Å²) in [6, 6.07) is 9.00. The van der Waals surface area contributed by atoms with Gasteiger partial charge in [0.15, 0.2) is 18.1 Å². The van der Waals surface area contributed by atoms with Crippen LogP contribution in [0.4, 0.5) is 5.82 Å². The van der Waals surface area contributed by atoms with E-state index >= 15 is 0 Å². The number of anilines is 1. The number of amides is 1. The minimum absolute atomic E-state index is 0.191. The zero-order chi connectivity index (χ0) is 23.2. The zero-order valence-corrected chi connectivity index (χ0v) is 19.0. The molecule has 0 radical (unpaired) electrons. The number of hydrogen-bond donors (Lipinski definition) is 2. The normalized spacial score (nSPS) is 16.2. The molecule has 3 heterocycles. The Labute approximate surface area is 191 Å². The van der Waals surface area contributed by atoms with Gasteiger partial charge in [-0.2, -0.15) is 9.78 Å². The van der Waals surface area contributed by atoms with E-state index in [2.05, 4.69) is 20.4 Å². The van der Waals surface area contributed by atoms with Crippen LogP contribution < -0.4 is 20.3 Å². The minimum Gasteiger partial charge on any atom is -0.483 e. The van der Waals surface area contributed by atoms with Crippen LogP contribution in [0.5, 0.6) is 11.5 Å². The molecule has 2 N–H and O–H groups in total. The Morgan fingerprint density at radius 1 is 1.33 bits per heavy atom. The van der Waals surface area contributed by atoms with Gasteiger partial charge in [-0.1, -0.05) is 19.1 Å². The van der Waals surface area contributed by atoms with Crippen molar-refractivity contribution in [1.82, 2.24) is 19.7 Å². The van der Waals surface area contributed by atoms with E-state index in [-0.39, 0.29) is 29.6 Å². The molecule has 9 nitrogen and oxygen atoms in total. The SMILES string of the molecule is CCc1cc(=O)[nH]c(-n2nc(C3CC3)cc2NC(=O)COc2cccc3c2OC(C)(C)C3)n1. The van der Waals surface area contributed by atoms with E-state index < -0.39 is 0 Å². The molecule has 3 aromatic rings. The van der Waals surface area contributed by atoms with E-state index in [9.17, 15) is 9.59 Å². The monoisotopic (exact) mass is 449 g/mol. The highest BCUT2D eigenvalue weighted by Crippen LogP contribution is 2.42. The van der Waals surface area contributed by atoms with Gasteiger partial charge in [-0.25, -0.2) is 4.98 Å². The molecule has 1 fully saturated rings. The molecular weight excluding hydrogens is 422 g/mol. The zero-order valence-electron chi connectivity index (χ0n) is 19.0. The first-order valence-electron chi connectivity index (χ1n) is 11.3. The average Bonchev–Trinajstić information content (AvgIpc) is 3.45. The largest absolute Gasteiger partial charge is 0.483 e. The molecule has 1 aliphatic carbocycles. The van der Waals surface area contributed by atoms with Crippen LogP contribution >= 0.6 is 0 Å². The summed E-state index contributed by atoms with van der Waals surface area (Å²) in [6.07, 6.45) is 3.52. The van der Waals surface area contributed by atoms with E-state index in [1.807, 2.05) is 39.0 Å². The van der Waals surface area contributed by atoms with Gasteiger partial charge < -0.3 is 14.8 Å². The number of rotatable bonds is 7. The summed E-state index contributed by atoms with van der Waals surface area (Å²) in [6.45, 7) is 5.78. The van der Waals surface area contributed by atoms with Gasteiger partial charge in [0.2, 0.25) is 5.95 Å². The van der Waals surface area contributed by atoms with E-state index in [0.29, 0.717) is 35.3 Å². The Bertz CT molecular complexity index is 1270. The van der Waals surface area contributed by atoms with Crippen LogP contribution in [0.3, 0.4) is 0 Å². The van der Waals surface area contributed by atoms with Crippen LogP contribution in [0.1, 0.15) is 56.5 Å². The molecule has 0 unspecified atom stereocenters. The number of carbonyl (C=O) groups is 1. The predicted molar refractivity (Wildman–Crippen MR) is 122 cm³/mol. The molecular formula is C24H27N5O4. The lowest BCUT2D eigenvalue weighted by Gasteiger charge is -2.18. The number of fused-ring (bicyclic) bond motifs is 1. The first-order chi connectivity index (χ1) is 15.8. The van der Waals surface area contributed by atoms with Crippen LogP contribution in [0.25, 0.3) is 5.95 Å². The standard InChI is InChI=1S/C24H27N5O4/c1-4-16-10-20(30)27-23(25-16)29-19(11-17(28-29)14-8-9-14)26-21(31)13-32-18-7-5-6-15-12-24(2,3)33-22(15)18/h5-7,10-11,14H,4,8-9,12-13H2,1-3H3,(H,26,31)(H,25,27,30). The second kappa shape index (κ2) is 8.06. The van der Waals surface area contributed by atoms with Crippen LogP contribution in [0, 0.1) is 0 Å². The van der Waals surface area contributed by atoms with Gasteiger partial charge in [-0.05, 0) is 39.2 Å². The van der Waals surface area contributed by atoms with Crippen LogP contribution in [0.2, 0.25) is 0 Å². The van der Waals surface area contributed by atoms with Crippen molar-refractivity contribution in [1.29, 1.82) is 0 Å². The molecule has 2 aliphatic rings. The number of carbonyl (C=O) groups excluding carboxylic acids is 1. The second-order valence-corrected chi connectivity index (χ2v) is 9.17. The van der Waals surface area contributed by atoms with Gasteiger partial charge in [0.25, 0.3) is 11.5 Å². The maximum atomic E-state index is 12.8. The van der Waals surface area contributed by atoms with Crippen molar-refractivity contribution < 1.29 is 14.3 Å². The van der Waals surface area contributed by atoms with E-state index in [0.717, 1.165) is 30.5 Å². The first-order valence-corrected chi connectivity index (χ1v) is 11.3. The van der Waals surface area contributed by atoms with Crippen molar-refractivity contribution in [2.24, 2.45) is 0 Å². The lowest BCUT2D eigenvalue weighted by molar-refractivity contribution is -0.118. The highest BCUT2D eigenvalue weighted by atomic mass is 16.5. The second-order valence-electron chi connectivity index (χ2n) is 9.17. The molecule has 1 amide bonds. The molecule has 0 saturated heterocycles. The Balaban J connectivity index is 1.35. The fourth-order valence-electron chi connectivity index (χ4n) is 4.03. The summed E-state index contributed by atoms with van der Waals surface area (Å²) in [7, 11) is 0. The third-order valence-corrected chi connectivity index (χ3v) is 5.75. The number of aromatic nitrogens is 4. The van der Waals surface area contributed by atoms with Gasteiger partial charge >= 0.3 is 0 Å². The Morgan fingerprint density at radius 3 is 2.91 bits per heavy atom. The van der Waals surface area contributed by atoms with Crippen LogP contribution in [0.15, 0.2) is 35.1 Å². The third kappa shape index (κ3) is 4.48. The van der Waals surface area contributed by atoms with Crippen molar-refractivity contribution in [2.75, 3.05) is 11.9 Å². The molecule has 1 saturated carbocycles. The molecule has 1 aliphatic heterocycles. The Kier molecular flexibility index (Phi) is 5.19. The summed E-state index contributed by atoms with van der Waals surface area (Å²) < 4.78 is 13.3. The molecule has 33 heavy (non-hydrogen) atoms. The highest BCUT2D eigenvalue weighted by molar-refractivity contribution is 5.91. The summed E-state index contributed by atoms with van der Waals surface area (Å²) in [4.78, 5) is 32.0. The van der Waals surface area contributed by atoms with E-state index in [1.165, 1.54) is 10.7 Å². The van der Waals surface area contributed by atoms with Gasteiger partial charge in [-0.3, -0.25) is 14.6 Å². The molecule has 0 bridgehead atoms. The Morgan fingerprint density at radius 2 is 2.15 bits per heavy atom. The Hall–Kier alpha value is -3.62. The fourth-order valence-corrected chi connectivity index (χ4v) is 4.03. The van der Waals surface area contributed by atoms with Gasteiger partial charge in [0.05, 0.1) is 5.69 Å². The predicted octanol–water partition coefficient (Wildman–Crippen LogP) is 3.13. The number of para-hydroxylation sites is 1. The molecule has 9 heteroatoms. The third-order valence-electron chi connectivity index (χ3n) is 5.75. The van der Waals surface area contributed by atoms with Gasteiger partial charge in [-0.15, -0.1) is 0 Å². The van der Waals surface area contributed by atoms with Crippen molar-refractivity contribution >= 4 is 11.7 Å². The van der Waals surface area contributed by atoms with Crippen molar-refractivity contribution in [2.45, 2.75) is 58.0 Å². The summed E-state index contributed by atoms with van der Waals surface area (Å²) >= 11 is 0. The molecule has 0 spiro atoms. The highest BCUT2D eigenvalue weighted by Gasteiger charge is 2.32. The topological polar surface area (TPSA) is 111 Å². The number of nitrogens with one attached hydrogen (secondary N) is 2. The minimum atomic E-state index is -0.345. The van der Waals surface area contributed by atoms with Crippen LogP contribution in [-0.2, 0) is 17.6 Å². The quantitative estimate of drug-likeness (QED) is 0.573. The molecule has 2 aromatic heterocycles. The number of aromatic amines is 1. The average molecular weight is 450 g/mol. The van der Waals surface area contributed by atoms with Gasteiger partial charge in [0.1, 0.15) is 11.4 Å². The molecule has 172 valence electrons.